The Bertz CT molecular complexity index is 1980. The molecule has 1 N–H and O–H groups in total. The maximum atomic E-state index is 15.3. The van der Waals surface area contributed by atoms with Crippen LogP contribution in [0.15, 0.2) is 75.1 Å². The highest BCUT2D eigenvalue weighted by Gasteiger charge is 2.30. The average molecular weight is 562 g/mol. The number of furan rings is 1. The summed E-state index contributed by atoms with van der Waals surface area (Å²) in [6.45, 7) is 1.86. The molecule has 0 radical (unpaired) electrons. The van der Waals surface area contributed by atoms with E-state index in [0.29, 0.717) is 22.0 Å². The van der Waals surface area contributed by atoms with Gasteiger partial charge < -0.3 is 18.7 Å². The van der Waals surface area contributed by atoms with Crippen LogP contribution in [0.2, 0.25) is 5.15 Å². The van der Waals surface area contributed by atoms with Gasteiger partial charge in [0.15, 0.2) is 0 Å². The Balaban J connectivity index is 1.69. The van der Waals surface area contributed by atoms with Crippen molar-refractivity contribution in [2.24, 2.45) is 0 Å². The molecule has 0 spiro atoms. The number of hydrogen-bond acceptors (Lipinski definition) is 6. The number of pyridine rings is 2. The number of ether oxygens (including phenoxy) is 1. The van der Waals surface area contributed by atoms with Gasteiger partial charge >= 0.3 is 5.97 Å². The first-order chi connectivity index (χ1) is 18.9. The lowest BCUT2D eigenvalue weighted by molar-refractivity contribution is 0.0516. The molecular weight excluding hydrogens is 541 g/mol. The Morgan fingerprint density at radius 1 is 1.23 bits per heavy atom. The number of nitrogens with zero attached hydrogens (tertiary/aromatic N) is 2. The summed E-state index contributed by atoms with van der Waals surface area (Å²) in [6, 6.07) is 13.9. The number of aromatic amines is 1. The fraction of sp³-hybridized carbons (Fsp3) is 0.138. The molecule has 6 rings (SSSR count). The van der Waals surface area contributed by atoms with Crippen LogP contribution in [0, 0.1) is 5.82 Å². The van der Waals surface area contributed by atoms with E-state index in [2.05, 4.69) is 9.97 Å². The van der Waals surface area contributed by atoms with Gasteiger partial charge in [0, 0.05) is 27.6 Å². The third-order valence-electron chi connectivity index (χ3n) is 6.65. The molecule has 0 unspecified atom stereocenters. The average Bonchev–Trinajstić information content (AvgIpc) is 3.53. The molecule has 6 aromatic rings. The number of H-pyrrole nitrogens is 1. The predicted octanol–water partition coefficient (Wildman–Crippen LogP) is 7.03. The van der Waals surface area contributed by atoms with E-state index in [-0.39, 0.29) is 40.5 Å². The minimum atomic E-state index is -0.665. The molecule has 7 nitrogen and oxygen atoms in total. The summed E-state index contributed by atoms with van der Waals surface area (Å²) in [7, 11) is 0. The molecule has 4 aromatic heterocycles. The van der Waals surface area contributed by atoms with Crippen molar-refractivity contribution in [3.63, 3.8) is 0 Å². The van der Waals surface area contributed by atoms with E-state index < -0.39 is 17.3 Å². The van der Waals surface area contributed by atoms with Gasteiger partial charge in [0.2, 0.25) is 0 Å². The molecule has 10 heteroatoms. The van der Waals surface area contributed by atoms with Crippen molar-refractivity contribution in [2.45, 2.75) is 18.4 Å². The van der Waals surface area contributed by atoms with E-state index in [1.807, 2.05) is 30.5 Å². The monoisotopic (exact) mass is 561 g/mol. The Hall–Kier alpha value is -4.08. The number of aromatic nitrogens is 3. The Labute approximate surface area is 230 Å². The fourth-order valence-corrected chi connectivity index (χ4v) is 5.58. The number of esters is 1. The van der Waals surface area contributed by atoms with Gasteiger partial charge in [-0.1, -0.05) is 17.7 Å². The highest BCUT2D eigenvalue weighted by molar-refractivity contribution is 7.98. The van der Waals surface area contributed by atoms with Crippen LogP contribution in [0.25, 0.3) is 43.9 Å². The van der Waals surface area contributed by atoms with E-state index in [1.54, 1.807) is 35.4 Å². The zero-order chi connectivity index (χ0) is 27.3. The smallest absolute Gasteiger partial charge is 0.355 e. The number of nitrogens with one attached hydrogen (secondary N) is 1. The van der Waals surface area contributed by atoms with Crippen molar-refractivity contribution in [1.82, 2.24) is 14.5 Å². The number of carbonyl (C=O) groups is 1. The highest BCUT2D eigenvalue weighted by Crippen LogP contribution is 2.41. The second kappa shape index (κ2) is 9.91. The Morgan fingerprint density at radius 2 is 2.08 bits per heavy atom. The zero-order valence-corrected chi connectivity index (χ0v) is 22.5. The quantitative estimate of drug-likeness (QED) is 0.133. The fourth-order valence-electron chi connectivity index (χ4n) is 4.94. The summed E-state index contributed by atoms with van der Waals surface area (Å²) in [4.78, 5) is 34.8. The second-order valence-corrected chi connectivity index (χ2v) is 10.1. The molecule has 0 aliphatic carbocycles. The highest BCUT2D eigenvalue weighted by atomic mass is 35.5. The third kappa shape index (κ3) is 4.18. The molecule has 0 fully saturated rings. The number of halogens is 2. The normalized spacial score (nSPS) is 11.6. The van der Waals surface area contributed by atoms with Crippen LogP contribution in [0.1, 0.15) is 23.0 Å². The molecule has 0 aliphatic rings. The van der Waals surface area contributed by atoms with Crippen molar-refractivity contribution in [1.29, 1.82) is 0 Å². The molecule has 0 amide bonds. The van der Waals surface area contributed by atoms with Crippen LogP contribution < -0.4 is 5.56 Å². The summed E-state index contributed by atoms with van der Waals surface area (Å²) in [5.41, 5.74) is 2.10. The van der Waals surface area contributed by atoms with E-state index in [4.69, 9.17) is 20.8 Å². The molecule has 196 valence electrons. The molecule has 0 aliphatic heterocycles. The molecule has 2 aromatic carbocycles. The lowest BCUT2D eigenvalue weighted by atomic mass is 10.0. The standard InChI is InChI=1S/C29H21ClFN3O4S/c1-3-37-29(36)25-23(19-5-4-9-32-28(19)35)24-22(13-20(31)18-8-10-38-26(18)24)34(25)14-16-11-15-6-7-17(39-2)12-21(15)33-27(16)30/h4-13H,3,14H2,1-2H3,(H,32,35). The summed E-state index contributed by atoms with van der Waals surface area (Å²) < 4.78 is 28.1. The third-order valence-corrected chi connectivity index (χ3v) is 7.70. The number of rotatable bonds is 6. The molecule has 4 heterocycles. The minimum absolute atomic E-state index is 0.0626. The van der Waals surface area contributed by atoms with Gasteiger partial charge in [-0.25, -0.2) is 14.2 Å². The van der Waals surface area contributed by atoms with Gasteiger partial charge in [-0.05, 0) is 55.6 Å². The first-order valence-electron chi connectivity index (χ1n) is 12.1. The first kappa shape index (κ1) is 25.2. The summed E-state index contributed by atoms with van der Waals surface area (Å²) in [6.07, 6.45) is 4.86. The lowest BCUT2D eigenvalue weighted by Gasteiger charge is -2.13. The van der Waals surface area contributed by atoms with E-state index in [9.17, 15) is 9.59 Å². The predicted molar refractivity (Wildman–Crippen MR) is 151 cm³/mol. The van der Waals surface area contributed by atoms with Crippen molar-refractivity contribution in [2.75, 3.05) is 12.9 Å². The number of thioether (sulfide) groups is 1. The van der Waals surface area contributed by atoms with Gasteiger partial charge in [-0.3, -0.25) is 4.79 Å². The Morgan fingerprint density at radius 3 is 2.85 bits per heavy atom. The van der Waals surface area contributed by atoms with Gasteiger partial charge in [-0.15, -0.1) is 11.8 Å². The number of fused-ring (bicyclic) bond motifs is 4. The van der Waals surface area contributed by atoms with Crippen molar-refractivity contribution < 1.29 is 18.3 Å². The van der Waals surface area contributed by atoms with Gasteiger partial charge in [0.25, 0.3) is 5.56 Å². The van der Waals surface area contributed by atoms with Crippen LogP contribution in [0.3, 0.4) is 0 Å². The van der Waals surface area contributed by atoms with Crippen LogP contribution >= 0.6 is 23.4 Å². The zero-order valence-electron chi connectivity index (χ0n) is 20.9. The molecular formula is C29H21ClFN3O4S. The van der Waals surface area contributed by atoms with Gasteiger partial charge in [0.05, 0.1) is 46.8 Å². The summed E-state index contributed by atoms with van der Waals surface area (Å²) in [5, 5.41) is 1.76. The molecule has 39 heavy (non-hydrogen) atoms. The first-order valence-corrected chi connectivity index (χ1v) is 13.7. The lowest BCUT2D eigenvalue weighted by Crippen LogP contribution is -2.16. The van der Waals surface area contributed by atoms with E-state index in [1.165, 1.54) is 24.6 Å². The molecule has 0 saturated heterocycles. The van der Waals surface area contributed by atoms with Crippen LogP contribution in [-0.2, 0) is 11.3 Å². The molecule has 0 atom stereocenters. The molecule has 0 bridgehead atoms. The largest absolute Gasteiger partial charge is 0.463 e. The van der Waals surface area contributed by atoms with E-state index >= 15 is 4.39 Å². The second-order valence-electron chi connectivity index (χ2n) is 8.86. The number of carbonyl (C=O) groups excluding carboxylic acids is 1. The van der Waals surface area contributed by atoms with Crippen molar-refractivity contribution >= 4 is 62.1 Å². The SMILES string of the molecule is CCOC(=O)c1c(-c2ccc[nH]c2=O)c2c3occc3c(F)cc2n1Cc1cc2ccc(SC)cc2nc1Cl. The summed E-state index contributed by atoms with van der Waals surface area (Å²) >= 11 is 8.26. The van der Waals surface area contributed by atoms with Crippen LogP contribution in [0.4, 0.5) is 4.39 Å². The van der Waals surface area contributed by atoms with Gasteiger partial charge in [0.1, 0.15) is 22.2 Å². The van der Waals surface area contributed by atoms with Crippen LogP contribution in [0.5, 0.6) is 0 Å². The maximum Gasteiger partial charge on any atom is 0.355 e. The topological polar surface area (TPSA) is 90.1 Å². The van der Waals surface area contributed by atoms with Crippen molar-refractivity contribution in [3.8, 4) is 11.1 Å². The Kier molecular flexibility index (Phi) is 6.40. The van der Waals surface area contributed by atoms with Crippen LogP contribution in [-0.4, -0.2) is 33.4 Å². The van der Waals surface area contributed by atoms with E-state index in [0.717, 1.165) is 15.8 Å². The minimum Gasteiger partial charge on any atom is -0.463 e. The maximum absolute atomic E-state index is 15.3. The summed E-state index contributed by atoms with van der Waals surface area (Å²) in [5.74, 6) is -1.19. The number of hydrogen-bond donors (Lipinski definition) is 1. The van der Waals surface area contributed by atoms with Gasteiger partial charge in [-0.2, -0.15) is 0 Å². The molecule has 0 saturated carbocycles. The van der Waals surface area contributed by atoms with Crippen molar-refractivity contribution in [3.05, 3.63) is 93.6 Å². The number of benzene rings is 2.